The molecule has 0 saturated heterocycles. The van der Waals surface area contributed by atoms with Crippen LogP contribution in [0.5, 0.6) is 5.75 Å². The second-order valence-electron chi connectivity index (χ2n) is 5.20. The Morgan fingerprint density at radius 3 is 2.71 bits per heavy atom. The van der Waals surface area contributed by atoms with E-state index in [0.717, 1.165) is 25.7 Å². The molecule has 0 aromatic heterocycles. The number of benzene rings is 1. The quantitative estimate of drug-likeness (QED) is 0.838. The van der Waals surface area contributed by atoms with Crippen molar-refractivity contribution in [1.29, 1.82) is 0 Å². The Bertz CT molecular complexity index is 540. The first-order valence-electron chi connectivity index (χ1n) is 6.97. The number of carbonyl (C=O) groups is 2. The normalized spacial score (nSPS) is 16.5. The predicted octanol–water partition coefficient (Wildman–Crippen LogP) is 2.65. The highest BCUT2D eigenvalue weighted by atomic mass is 35.5. The Hall–Kier alpha value is -1.75. The van der Waals surface area contributed by atoms with Crippen LogP contribution < -0.4 is 5.32 Å². The molecule has 1 saturated carbocycles. The predicted molar refractivity (Wildman–Crippen MR) is 78.4 cm³/mol. The summed E-state index contributed by atoms with van der Waals surface area (Å²) in [6.45, 7) is 1.50. The molecule has 0 aliphatic heterocycles. The van der Waals surface area contributed by atoms with Gasteiger partial charge in [0.2, 0.25) is 0 Å². The fourth-order valence-electron chi connectivity index (χ4n) is 2.34. The van der Waals surface area contributed by atoms with Gasteiger partial charge >= 0.3 is 5.97 Å². The van der Waals surface area contributed by atoms with Crippen LogP contribution in [-0.2, 0) is 9.53 Å². The van der Waals surface area contributed by atoms with Crippen molar-refractivity contribution >= 4 is 23.5 Å². The molecule has 0 heterocycles. The Kier molecular flexibility index (Phi) is 5.07. The highest BCUT2D eigenvalue weighted by molar-refractivity contribution is 6.31. The van der Waals surface area contributed by atoms with E-state index in [0.29, 0.717) is 5.02 Å². The van der Waals surface area contributed by atoms with Crippen molar-refractivity contribution in [2.45, 2.75) is 44.8 Å². The smallest absolute Gasteiger partial charge is 0.342 e. The van der Waals surface area contributed by atoms with E-state index in [1.165, 1.54) is 25.1 Å². The molecule has 1 aromatic rings. The summed E-state index contributed by atoms with van der Waals surface area (Å²) in [5, 5.41) is 12.8. The summed E-state index contributed by atoms with van der Waals surface area (Å²) in [5.41, 5.74) is -0.0528. The summed E-state index contributed by atoms with van der Waals surface area (Å²) < 4.78 is 5.07. The molecule has 0 bridgehead atoms. The molecule has 6 heteroatoms. The topological polar surface area (TPSA) is 75.6 Å². The third-order valence-corrected chi connectivity index (χ3v) is 3.77. The van der Waals surface area contributed by atoms with E-state index in [2.05, 4.69) is 5.32 Å². The molecule has 1 aromatic carbocycles. The molecule has 21 heavy (non-hydrogen) atoms. The average Bonchev–Trinajstić information content (AvgIpc) is 2.94. The maximum absolute atomic E-state index is 11.9. The van der Waals surface area contributed by atoms with Crippen molar-refractivity contribution in [2.75, 3.05) is 0 Å². The first-order valence-corrected chi connectivity index (χ1v) is 7.35. The number of hydrogen-bond acceptors (Lipinski definition) is 4. The minimum absolute atomic E-state index is 0.0528. The van der Waals surface area contributed by atoms with Crippen LogP contribution in [0, 0.1) is 0 Å². The monoisotopic (exact) mass is 311 g/mol. The summed E-state index contributed by atoms with van der Waals surface area (Å²) in [4.78, 5) is 23.9. The second kappa shape index (κ2) is 6.80. The lowest BCUT2D eigenvalue weighted by Gasteiger charge is -2.17. The lowest BCUT2D eigenvalue weighted by atomic mass is 10.2. The number of nitrogens with one attached hydrogen (secondary N) is 1. The van der Waals surface area contributed by atoms with Crippen LogP contribution in [0.2, 0.25) is 5.02 Å². The standard InChI is InChI=1S/C15H18ClNO4/c1-9(14(19)17-11-4-2-3-5-11)21-15(20)12-8-10(16)6-7-13(12)18/h6-9,11,18H,2-5H2,1H3,(H,17,19)/t9-/m1/s1. The summed E-state index contributed by atoms with van der Waals surface area (Å²) in [6.07, 6.45) is 3.21. The SMILES string of the molecule is C[C@@H](OC(=O)c1cc(Cl)ccc1O)C(=O)NC1CCCC1. The van der Waals surface area contributed by atoms with Gasteiger partial charge in [0.1, 0.15) is 11.3 Å². The van der Waals surface area contributed by atoms with E-state index in [-0.39, 0.29) is 23.3 Å². The maximum Gasteiger partial charge on any atom is 0.342 e. The zero-order valence-electron chi connectivity index (χ0n) is 11.8. The molecule has 114 valence electrons. The van der Waals surface area contributed by atoms with E-state index < -0.39 is 12.1 Å². The van der Waals surface area contributed by atoms with Gasteiger partial charge in [-0.1, -0.05) is 24.4 Å². The molecule has 0 radical (unpaired) electrons. The Balaban J connectivity index is 1.94. The molecule has 0 unspecified atom stereocenters. The van der Waals surface area contributed by atoms with Crippen molar-refractivity contribution in [3.8, 4) is 5.75 Å². The third kappa shape index (κ3) is 4.11. The number of aromatic hydroxyl groups is 1. The lowest BCUT2D eigenvalue weighted by molar-refractivity contribution is -0.129. The van der Waals surface area contributed by atoms with Crippen molar-refractivity contribution in [2.24, 2.45) is 0 Å². The van der Waals surface area contributed by atoms with Gasteiger partial charge < -0.3 is 15.2 Å². The molecule has 2 rings (SSSR count). The molecule has 1 amide bonds. The molecule has 1 aliphatic carbocycles. The lowest BCUT2D eigenvalue weighted by Crippen LogP contribution is -2.40. The summed E-state index contributed by atoms with van der Waals surface area (Å²) in [7, 11) is 0. The molecular formula is C15H18ClNO4. The molecule has 0 spiro atoms. The van der Waals surface area contributed by atoms with Gasteiger partial charge in [-0.2, -0.15) is 0 Å². The Labute approximate surface area is 128 Å². The summed E-state index contributed by atoms with van der Waals surface area (Å²) in [6, 6.07) is 4.24. The zero-order valence-corrected chi connectivity index (χ0v) is 12.5. The number of rotatable bonds is 4. The van der Waals surface area contributed by atoms with Gasteiger partial charge in [-0.15, -0.1) is 0 Å². The number of carbonyl (C=O) groups excluding carboxylic acids is 2. The van der Waals surface area contributed by atoms with Crippen LogP contribution in [0.15, 0.2) is 18.2 Å². The number of halogens is 1. The van der Waals surface area contributed by atoms with Gasteiger partial charge in [-0.05, 0) is 38.0 Å². The zero-order chi connectivity index (χ0) is 15.4. The van der Waals surface area contributed by atoms with Crippen molar-refractivity contribution in [3.05, 3.63) is 28.8 Å². The van der Waals surface area contributed by atoms with Crippen LogP contribution in [0.1, 0.15) is 43.0 Å². The number of phenolic OH excluding ortho intramolecular Hbond substituents is 1. The highest BCUT2D eigenvalue weighted by Crippen LogP contribution is 2.23. The third-order valence-electron chi connectivity index (χ3n) is 3.53. The van der Waals surface area contributed by atoms with Gasteiger partial charge in [-0.25, -0.2) is 4.79 Å². The highest BCUT2D eigenvalue weighted by Gasteiger charge is 2.24. The van der Waals surface area contributed by atoms with Gasteiger partial charge in [0.05, 0.1) is 0 Å². The largest absolute Gasteiger partial charge is 0.507 e. The number of amides is 1. The fourth-order valence-corrected chi connectivity index (χ4v) is 2.51. The van der Waals surface area contributed by atoms with Crippen molar-refractivity contribution in [1.82, 2.24) is 5.32 Å². The fraction of sp³-hybridized carbons (Fsp3) is 0.467. The van der Waals surface area contributed by atoms with E-state index in [4.69, 9.17) is 16.3 Å². The van der Waals surface area contributed by atoms with Gasteiger partial charge in [0.15, 0.2) is 6.10 Å². The van der Waals surface area contributed by atoms with Crippen LogP contribution in [0.4, 0.5) is 0 Å². The number of esters is 1. The second-order valence-corrected chi connectivity index (χ2v) is 5.64. The first-order chi connectivity index (χ1) is 9.97. The van der Waals surface area contributed by atoms with Crippen molar-refractivity contribution in [3.63, 3.8) is 0 Å². The minimum Gasteiger partial charge on any atom is -0.507 e. The van der Waals surface area contributed by atoms with E-state index in [1.54, 1.807) is 0 Å². The molecule has 1 fully saturated rings. The first kappa shape index (κ1) is 15.6. The van der Waals surface area contributed by atoms with Crippen LogP contribution in [-0.4, -0.2) is 29.1 Å². The average molecular weight is 312 g/mol. The Morgan fingerprint density at radius 2 is 2.05 bits per heavy atom. The van der Waals surface area contributed by atoms with Gasteiger partial charge in [-0.3, -0.25) is 4.79 Å². The van der Waals surface area contributed by atoms with Crippen molar-refractivity contribution < 1.29 is 19.4 Å². The Morgan fingerprint density at radius 1 is 1.38 bits per heavy atom. The van der Waals surface area contributed by atoms with Crippen LogP contribution in [0.3, 0.4) is 0 Å². The molecule has 5 nitrogen and oxygen atoms in total. The van der Waals surface area contributed by atoms with Crippen LogP contribution >= 0.6 is 11.6 Å². The van der Waals surface area contributed by atoms with Gasteiger partial charge in [0, 0.05) is 11.1 Å². The molecule has 2 N–H and O–H groups in total. The molecular weight excluding hydrogens is 294 g/mol. The molecule has 1 aliphatic rings. The van der Waals surface area contributed by atoms with Gasteiger partial charge in [0.25, 0.3) is 5.91 Å². The van der Waals surface area contributed by atoms with E-state index >= 15 is 0 Å². The molecule has 1 atom stereocenters. The maximum atomic E-state index is 11.9. The van der Waals surface area contributed by atoms with E-state index in [1.807, 2.05) is 0 Å². The number of ether oxygens (including phenoxy) is 1. The number of phenols is 1. The minimum atomic E-state index is -0.920. The van der Waals surface area contributed by atoms with E-state index in [9.17, 15) is 14.7 Å². The van der Waals surface area contributed by atoms with Crippen LogP contribution in [0.25, 0.3) is 0 Å². The summed E-state index contributed by atoms with van der Waals surface area (Å²) >= 11 is 5.78. The summed E-state index contributed by atoms with van der Waals surface area (Å²) in [5.74, 6) is -1.33. The number of hydrogen-bond donors (Lipinski definition) is 2.